The average Bonchev–Trinajstić information content (AvgIpc) is 2.73. The van der Waals surface area contributed by atoms with Crippen LogP contribution >= 0.6 is 0 Å². The Morgan fingerprint density at radius 2 is 1.65 bits per heavy atom. The van der Waals surface area contributed by atoms with Gasteiger partial charge in [0, 0.05) is 18.4 Å². The van der Waals surface area contributed by atoms with E-state index in [2.05, 4.69) is 9.46 Å². The van der Waals surface area contributed by atoms with Crippen molar-refractivity contribution in [1.29, 1.82) is 0 Å². The van der Waals surface area contributed by atoms with Crippen molar-refractivity contribution < 1.29 is 17.9 Å². The minimum atomic E-state index is -3.80. The summed E-state index contributed by atoms with van der Waals surface area (Å²) in [5.41, 5.74) is 3.06. The molecule has 1 N–H and O–H groups in total. The maximum absolute atomic E-state index is 12.6. The van der Waals surface area contributed by atoms with Crippen molar-refractivity contribution in [2.24, 2.45) is 7.05 Å². The van der Waals surface area contributed by atoms with Crippen LogP contribution in [0.2, 0.25) is 0 Å². The number of nitrogens with one attached hydrogen (secondary N) is 1. The molecule has 0 radical (unpaired) electrons. The molecular formula is C16H20N2O4S. The van der Waals surface area contributed by atoms with E-state index in [-0.39, 0.29) is 10.6 Å². The minimum absolute atomic E-state index is 0.0551. The van der Waals surface area contributed by atoms with Gasteiger partial charge in [-0.1, -0.05) is 6.07 Å². The lowest BCUT2D eigenvalue weighted by Crippen LogP contribution is -2.14. The summed E-state index contributed by atoms with van der Waals surface area (Å²) < 4.78 is 34.0. The molecule has 0 amide bonds. The summed E-state index contributed by atoms with van der Waals surface area (Å²) in [6.45, 7) is 5.43. The van der Waals surface area contributed by atoms with Crippen LogP contribution in [0.5, 0.6) is 0 Å². The SMILES string of the molecule is COC(=O)c1cc(S(=O)(=O)Nc2cc(C)cc(C)c2)c(C)n1C. The van der Waals surface area contributed by atoms with Crippen molar-refractivity contribution in [2.45, 2.75) is 25.7 Å². The molecule has 0 bridgehead atoms. The number of methoxy groups -OCH3 is 1. The molecule has 0 unspecified atom stereocenters. The van der Waals surface area contributed by atoms with Gasteiger partial charge in [-0.3, -0.25) is 4.72 Å². The normalized spacial score (nSPS) is 11.3. The van der Waals surface area contributed by atoms with Gasteiger partial charge in [-0.15, -0.1) is 0 Å². The first-order valence-corrected chi connectivity index (χ1v) is 8.50. The third-order valence-corrected chi connectivity index (χ3v) is 5.14. The molecule has 0 saturated heterocycles. The van der Waals surface area contributed by atoms with E-state index in [4.69, 9.17) is 0 Å². The van der Waals surface area contributed by atoms with Crippen LogP contribution in [0, 0.1) is 20.8 Å². The second kappa shape index (κ2) is 6.08. The molecule has 1 aromatic heterocycles. The molecule has 0 atom stereocenters. The summed E-state index contributed by atoms with van der Waals surface area (Å²) in [5.74, 6) is -0.580. The number of sulfonamides is 1. The highest BCUT2D eigenvalue weighted by molar-refractivity contribution is 7.92. The highest BCUT2D eigenvalue weighted by Crippen LogP contribution is 2.24. The zero-order valence-electron chi connectivity index (χ0n) is 13.8. The molecule has 0 spiro atoms. The molecule has 0 saturated carbocycles. The maximum Gasteiger partial charge on any atom is 0.354 e. The zero-order valence-corrected chi connectivity index (χ0v) is 14.6. The van der Waals surface area contributed by atoms with Gasteiger partial charge in [-0.2, -0.15) is 0 Å². The van der Waals surface area contributed by atoms with Crippen LogP contribution in [-0.2, 0) is 21.8 Å². The Morgan fingerprint density at radius 1 is 1.09 bits per heavy atom. The van der Waals surface area contributed by atoms with Crippen molar-refractivity contribution in [3.05, 3.63) is 46.8 Å². The van der Waals surface area contributed by atoms with Gasteiger partial charge >= 0.3 is 5.97 Å². The third kappa shape index (κ3) is 3.39. The van der Waals surface area contributed by atoms with Gasteiger partial charge in [-0.05, 0) is 50.1 Å². The number of aromatic nitrogens is 1. The molecule has 2 aromatic rings. The largest absolute Gasteiger partial charge is 0.464 e. The number of benzene rings is 1. The Bertz CT molecular complexity index is 846. The number of nitrogens with zero attached hydrogens (tertiary/aromatic N) is 1. The van der Waals surface area contributed by atoms with E-state index < -0.39 is 16.0 Å². The first-order valence-electron chi connectivity index (χ1n) is 7.01. The van der Waals surface area contributed by atoms with Gasteiger partial charge in [0.1, 0.15) is 10.6 Å². The van der Waals surface area contributed by atoms with Crippen LogP contribution in [-0.4, -0.2) is 26.1 Å². The van der Waals surface area contributed by atoms with Crippen molar-refractivity contribution >= 4 is 21.7 Å². The zero-order chi connectivity index (χ0) is 17.4. The van der Waals surface area contributed by atoms with Gasteiger partial charge in [-0.25, -0.2) is 13.2 Å². The van der Waals surface area contributed by atoms with Crippen LogP contribution < -0.4 is 4.72 Å². The molecule has 0 aliphatic heterocycles. The summed E-state index contributed by atoms with van der Waals surface area (Å²) in [4.78, 5) is 11.8. The monoisotopic (exact) mass is 336 g/mol. The van der Waals surface area contributed by atoms with Crippen molar-refractivity contribution in [3.63, 3.8) is 0 Å². The van der Waals surface area contributed by atoms with Crippen LogP contribution in [0.1, 0.15) is 27.3 Å². The second-order valence-electron chi connectivity index (χ2n) is 5.51. The first kappa shape index (κ1) is 17.1. The highest BCUT2D eigenvalue weighted by Gasteiger charge is 2.24. The number of carbonyl (C=O) groups is 1. The molecule has 1 heterocycles. The van der Waals surface area contributed by atoms with E-state index in [0.717, 1.165) is 11.1 Å². The molecular weight excluding hydrogens is 316 g/mol. The van der Waals surface area contributed by atoms with Crippen LogP contribution in [0.15, 0.2) is 29.2 Å². The fraction of sp³-hybridized carbons (Fsp3) is 0.312. The van der Waals surface area contributed by atoms with E-state index in [9.17, 15) is 13.2 Å². The van der Waals surface area contributed by atoms with E-state index in [1.54, 1.807) is 26.1 Å². The van der Waals surface area contributed by atoms with Gasteiger partial charge in [0.15, 0.2) is 0 Å². The first-order chi connectivity index (χ1) is 10.7. The topological polar surface area (TPSA) is 77.4 Å². The van der Waals surface area contributed by atoms with Crippen molar-refractivity contribution in [2.75, 3.05) is 11.8 Å². The number of anilines is 1. The number of ether oxygens (including phenoxy) is 1. The molecule has 6 nitrogen and oxygen atoms in total. The summed E-state index contributed by atoms with van der Waals surface area (Å²) in [6, 6.07) is 6.79. The number of rotatable bonds is 4. The number of aryl methyl sites for hydroxylation is 2. The minimum Gasteiger partial charge on any atom is -0.464 e. The van der Waals surface area contributed by atoms with E-state index >= 15 is 0 Å². The van der Waals surface area contributed by atoms with Crippen LogP contribution in [0.3, 0.4) is 0 Å². The molecule has 2 rings (SSSR count). The fourth-order valence-corrected chi connectivity index (χ4v) is 3.82. The number of hydrogen-bond donors (Lipinski definition) is 1. The standard InChI is InChI=1S/C16H20N2O4S/c1-10-6-11(2)8-13(7-10)17-23(20,21)15-9-14(16(19)22-5)18(4)12(15)3/h6-9,17H,1-5H3. The number of esters is 1. The van der Waals surface area contributed by atoms with E-state index in [1.807, 2.05) is 19.9 Å². The maximum atomic E-state index is 12.6. The molecule has 23 heavy (non-hydrogen) atoms. The smallest absolute Gasteiger partial charge is 0.354 e. The molecule has 7 heteroatoms. The molecule has 0 fully saturated rings. The third-order valence-electron chi connectivity index (χ3n) is 3.65. The Balaban J connectivity index is 2.46. The van der Waals surface area contributed by atoms with Gasteiger partial charge in [0.2, 0.25) is 0 Å². The predicted molar refractivity (Wildman–Crippen MR) is 88.2 cm³/mol. The van der Waals surface area contributed by atoms with Crippen molar-refractivity contribution in [1.82, 2.24) is 4.57 Å². The summed E-state index contributed by atoms with van der Waals surface area (Å²) in [5, 5.41) is 0. The molecule has 1 aromatic carbocycles. The Labute approximate surface area is 136 Å². The molecule has 0 aliphatic carbocycles. The highest BCUT2D eigenvalue weighted by atomic mass is 32.2. The van der Waals surface area contributed by atoms with Crippen LogP contribution in [0.25, 0.3) is 0 Å². The van der Waals surface area contributed by atoms with E-state index in [1.165, 1.54) is 17.7 Å². The summed E-state index contributed by atoms with van der Waals surface area (Å²) in [7, 11) is -0.921. The fourth-order valence-electron chi connectivity index (χ4n) is 2.49. The Kier molecular flexibility index (Phi) is 4.51. The lowest BCUT2D eigenvalue weighted by molar-refractivity contribution is 0.0589. The van der Waals surface area contributed by atoms with Crippen LogP contribution in [0.4, 0.5) is 5.69 Å². The predicted octanol–water partition coefficient (Wildman–Crippen LogP) is 2.54. The summed E-state index contributed by atoms with van der Waals surface area (Å²) in [6.07, 6.45) is 0. The molecule has 124 valence electrons. The second-order valence-corrected chi connectivity index (χ2v) is 7.16. The Hall–Kier alpha value is -2.28. The number of hydrogen-bond acceptors (Lipinski definition) is 4. The lowest BCUT2D eigenvalue weighted by Gasteiger charge is -2.10. The average molecular weight is 336 g/mol. The van der Waals surface area contributed by atoms with E-state index in [0.29, 0.717) is 11.4 Å². The van der Waals surface area contributed by atoms with Gasteiger partial charge in [0.05, 0.1) is 7.11 Å². The van der Waals surface area contributed by atoms with Crippen molar-refractivity contribution in [3.8, 4) is 0 Å². The Morgan fingerprint density at radius 3 is 2.17 bits per heavy atom. The van der Waals surface area contributed by atoms with Gasteiger partial charge < -0.3 is 9.30 Å². The summed E-state index contributed by atoms with van der Waals surface area (Å²) >= 11 is 0. The van der Waals surface area contributed by atoms with Gasteiger partial charge in [0.25, 0.3) is 10.0 Å². The molecule has 0 aliphatic rings. The quantitative estimate of drug-likeness (QED) is 0.871. The lowest BCUT2D eigenvalue weighted by atomic mass is 10.1. The number of carbonyl (C=O) groups excluding carboxylic acids is 1.